The molecule has 2 unspecified atom stereocenters. The van der Waals surface area contributed by atoms with Crippen LogP contribution < -0.4 is 5.73 Å². The van der Waals surface area contributed by atoms with Gasteiger partial charge in [0.05, 0.1) is 6.04 Å². The highest BCUT2D eigenvalue weighted by molar-refractivity contribution is 7.99. The molecule has 2 aliphatic rings. The molecule has 0 radical (unpaired) electrons. The van der Waals surface area contributed by atoms with Crippen LogP contribution >= 0.6 is 11.8 Å². The zero-order valence-corrected chi connectivity index (χ0v) is 12.8. The zero-order chi connectivity index (χ0) is 14.9. The van der Waals surface area contributed by atoms with Gasteiger partial charge < -0.3 is 10.8 Å². The summed E-state index contributed by atoms with van der Waals surface area (Å²) in [4.78, 5) is 11.3. The van der Waals surface area contributed by atoms with Gasteiger partial charge in [-0.3, -0.25) is 4.79 Å². The number of carbonyl (C=O) groups is 1. The van der Waals surface area contributed by atoms with Gasteiger partial charge in [0, 0.05) is 5.25 Å². The Hall–Kier alpha value is -1.15. The first kappa shape index (κ1) is 14.8. The quantitative estimate of drug-likeness (QED) is 0.869. The number of thioether (sulfide) groups is 1. The van der Waals surface area contributed by atoms with Gasteiger partial charge in [-0.25, -0.2) is 4.68 Å². The van der Waals surface area contributed by atoms with Crippen molar-refractivity contribution in [1.29, 1.82) is 0 Å². The van der Waals surface area contributed by atoms with Gasteiger partial charge in [-0.1, -0.05) is 24.6 Å². The molecule has 1 aromatic heterocycles. The van der Waals surface area contributed by atoms with Crippen LogP contribution in [-0.2, 0) is 4.79 Å². The molecule has 3 N–H and O–H groups in total. The normalized spacial score (nSPS) is 30.6. The molecule has 0 bridgehead atoms. The fourth-order valence-electron chi connectivity index (χ4n) is 3.34. The molecule has 0 aliphatic heterocycles. The van der Waals surface area contributed by atoms with E-state index in [9.17, 15) is 9.90 Å². The first-order valence-corrected chi connectivity index (χ1v) is 8.43. The van der Waals surface area contributed by atoms with Gasteiger partial charge in [0.15, 0.2) is 0 Å². The average molecular weight is 311 g/mol. The number of carboxylic acids is 1. The lowest BCUT2D eigenvalue weighted by atomic mass is 9.82. The number of hydrogen-bond donors (Lipinski definition) is 2. The molecule has 2 saturated carbocycles. The number of tetrazole rings is 1. The van der Waals surface area contributed by atoms with Crippen molar-refractivity contribution in [3.63, 3.8) is 0 Å². The van der Waals surface area contributed by atoms with Crippen LogP contribution in [0.25, 0.3) is 0 Å². The molecule has 3 rings (SSSR count). The van der Waals surface area contributed by atoms with E-state index in [0.717, 1.165) is 30.8 Å². The molecule has 2 fully saturated rings. The van der Waals surface area contributed by atoms with E-state index in [4.69, 9.17) is 5.73 Å². The maximum Gasteiger partial charge on any atom is 0.323 e. The van der Waals surface area contributed by atoms with Crippen LogP contribution in [-0.4, -0.2) is 42.1 Å². The number of hydrogen-bond acceptors (Lipinski definition) is 6. The Morgan fingerprint density at radius 1 is 1.33 bits per heavy atom. The van der Waals surface area contributed by atoms with Crippen molar-refractivity contribution in [2.45, 2.75) is 73.4 Å². The Morgan fingerprint density at radius 2 is 2.10 bits per heavy atom. The summed E-state index contributed by atoms with van der Waals surface area (Å²) >= 11 is 1.59. The number of carboxylic acid groups (broad SMARTS) is 1. The van der Waals surface area contributed by atoms with Gasteiger partial charge in [-0.05, 0) is 49.0 Å². The minimum atomic E-state index is -1.10. The lowest BCUT2D eigenvalue weighted by molar-refractivity contribution is -0.144. The van der Waals surface area contributed by atoms with E-state index in [-0.39, 0.29) is 5.25 Å². The van der Waals surface area contributed by atoms with Gasteiger partial charge in [0.1, 0.15) is 5.54 Å². The summed E-state index contributed by atoms with van der Waals surface area (Å²) in [5.41, 5.74) is 4.91. The van der Waals surface area contributed by atoms with Crippen LogP contribution in [0, 0.1) is 0 Å². The SMILES string of the molecule is NC1(C(=O)O)CCCC(Sc2nnnn2C2CCCC2)C1. The second-order valence-corrected chi connectivity index (χ2v) is 7.41. The molecule has 0 spiro atoms. The van der Waals surface area contributed by atoms with Crippen molar-refractivity contribution in [3.05, 3.63) is 0 Å². The van der Waals surface area contributed by atoms with Gasteiger partial charge in [0.2, 0.25) is 5.16 Å². The number of aliphatic carboxylic acids is 1. The van der Waals surface area contributed by atoms with E-state index in [2.05, 4.69) is 15.5 Å². The fraction of sp³-hybridized carbons (Fsp3) is 0.846. The monoisotopic (exact) mass is 311 g/mol. The maximum atomic E-state index is 11.3. The van der Waals surface area contributed by atoms with E-state index in [1.54, 1.807) is 11.8 Å². The summed E-state index contributed by atoms with van der Waals surface area (Å²) in [5, 5.41) is 22.3. The fourth-order valence-corrected chi connectivity index (χ4v) is 4.68. The Morgan fingerprint density at radius 3 is 2.81 bits per heavy atom. The summed E-state index contributed by atoms with van der Waals surface area (Å²) < 4.78 is 1.92. The Balaban J connectivity index is 1.69. The van der Waals surface area contributed by atoms with Crippen molar-refractivity contribution < 1.29 is 9.90 Å². The third-order valence-electron chi connectivity index (χ3n) is 4.57. The Bertz CT molecular complexity index is 516. The first-order chi connectivity index (χ1) is 10.1. The molecule has 1 heterocycles. The summed E-state index contributed by atoms with van der Waals surface area (Å²) in [7, 11) is 0. The maximum absolute atomic E-state index is 11.3. The lowest BCUT2D eigenvalue weighted by Gasteiger charge is -2.33. The minimum absolute atomic E-state index is 0.172. The summed E-state index contributed by atoms with van der Waals surface area (Å²) in [6.07, 6.45) is 7.53. The van der Waals surface area contributed by atoms with E-state index in [1.807, 2.05) is 4.68 Å². The first-order valence-electron chi connectivity index (χ1n) is 7.55. The third-order valence-corrected chi connectivity index (χ3v) is 5.79. The van der Waals surface area contributed by atoms with E-state index in [1.165, 1.54) is 12.8 Å². The van der Waals surface area contributed by atoms with Crippen molar-refractivity contribution in [2.24, 2.45) is 5.73 Å². The summed E-state index contributed by atoms with van der Waals surface area (Å²) in [6, 6.07) is 0.396. The highest BCUT2D eigenvalue weighted by atomic mass is 32.2. The molecule has 0 aromatic carbocycles. The van der Waals surface area contributed by atoms with E-state index >= 15 is 0 Å². The smallest absolute Gasteiger partial charge is 0.323 e. The number of aromatic nitrogens is 4. The van der Waals surface area contributed by atoms with Crippen molar-refractivity contribution in [2.75, 3.05) is 0 Å². The molecule has 1 aromatic rings. The highest BCUT2D eigenvalue weighted by Gasteiger charge is 2.40. The second kappa shape index (κ2) is 5.92. The topological polar surface area (TPSA) is 107 Å². The Labute approximate surface area is 127 Å². The van der Waals surface area contributed by atoms with Gasteiger partial charge in [-0.2, -0.15) is 0 Å². The van der Waals surface area contributed by atoms with Crippen molar-refractivity contribution in [3.8, 4) is 0 Å². The molecule has 0 amide bonds. The van der Waals surface area contributed by atoms with Crippen molar-refractivity contribution in [1.82, 2.24) is 20.2 Å². The van der Waals surface area contributed by atoms with Crippen LogP contribution in [0.5, 0.6) is 0 Å². The molecule has 2 aliphatic carbocycles. The Kier molecular flexibility index (Phi) is 4.17. The predicted octanol–water partition coefficient (Wildman–Crippen LogP) is 1.60. The minimum Gasteiger partial charge on any atom is -0.480 e. The van der Waals surface area contributed by atoms with Crippen molar-refractivity contribution >= 4 is 17.7 Å². The van der Waals surface area contributed by atoms with E-state index in [0.29, 0.717) is 18.9 Å². The highest BCUT2D eigenvalue weighted by Crippen LogP contribution is 2.38. The van der Waals surface area contributed by atoms with Crippen LogP contribution in [0.2, 0.25) is 0 Å². The van der Waals surface area contributed by atoms with Crippen LogP contribution in [0.15, 0.2) is 5.16 Å². The lowest BCUT2D eigenvalue weighted by Crippen LogP contribution is -2.51. The van der Waals surface area contributed by atoms with Crippen LogP contribution in [0.1, 0.15) is 57.4 Å². The second-order valence-electron chi connectivity index (χ2n) is 6.14. The molecule has 0 saturated heterocycles. The molecular weight excluding hydrogens is 290 g/mol. The zero-order valence-electron chi connectivity index (χ0n) is 11.9. The molecule has 116 valence electrons. The number of nitrogens with zero attached hydrogens (tertiary/aromatic N) is 4. The third kappa shape index (κ3) is 3.06. The molecule has 7 nitrogen and oxygen atoms in total. The number of nitrogens with two attached hydrogens (primary N) is 1. The van der Waals surface area contributed by atoms with Gasteiger partial charge >= 0.3 is 5.97 Å². The largest absolute Gasteiger partial charge is 0.480 e. The van der Waals surface area contributed by atoms with Crippen LogP contribution in [0.3, 0.4) is 0 Å². The average Bonchev–Trinajstić information content (AvgIpc) is 3.08. The molecule has 21 heavy (non-hydrogen) atoms. The summed E-state index contributed by atoms with van der Waals surface area (Å²) in [5.74, 6) is -0.900. The molecule has 2 atom stereocenters. The molecular formula is C13H21N5O2S. The number of rotatable bonds is 4. The summed E-state index contributed by atoms with van der Waals surface area (Å²) in [6.45, 7) is 0. The van der Waals surface area contributed by atoms with Gasteiger partial charge in [0.25, 0.3) is 0 Å². The van der Waals surface area contributed by atoms with Gasteiger partial charge in [-0.15, -0.1) is 5.10 Å². The molecule has 8 heteroatoms. The standard InChI is InChI=1S/C13H21N5O2S/c14-13(11(19)20)7-3-6-10(8-13)21-12-15-16-17-18(12)9-4-1-2-5-9/h9-10H,1-8,14H2,(H,19,20). The van der Waals surface area contributed by atoms with Crippen LogP contribution in [0.4, 0.5) is 0 Å². The predicted molar refractivity (Wildman–Crippen MR) is 78.0 cm³/mol. The van der Waals surface area contributed by atoms with E-state index < -0.39 is 11.5 Å².